The molecule has 3 aromatic rings. The van der Waals surface area contributed by atoms with Crippen LogP contribution in [0.5, 0.6) is 0 Å². The maximum absolute atomic E-state index is 12.7. The van der Waals surface area contributed by atoms with E-state index in [1.54, 1.807) is 6.20 Å². The molecule has 1 N–H and O–H groups in total. The van der Waals surface area contributed by atoms with Gasteiger partial charge in [0.2, 0.25) is 0 Å². The van der Waals surface area contributed by atoms with E-state index in [4.69, 9.17) is 0 Å². The maximum Gasteiger partial charge on any atom is 0.255 e. The van der Waals surface area contributed by atoms with Crippen LogP contribution in [0.1, 0.15) is 35.5 Å². The van der Waals surface area contributed by atoms with Gasteiger partial charge in [0.15, 0.2) is 0 Å². The van der Waals surface area contributed by atoms with E-state index in [9.17, 15) is 4.79 Å². The standard InChI is InChI=1S/C22H23N3O.ClH/c1-22(2)14-25(3)13-18-11-19(12-23-20(18)22)24-21(26)17-9-8-15-6-4-5-7-16(15)10-17;/h4-12H,13-14H2,1-3H3,(H,24,26);1H. The van der Waals surface area contributed by atoms with Crippen LogP contribution in [0.15, 0.2) is 54.7 Å². The SMILES string of the molecule is CN1Cc2cc(NC(=O)c3ccc4ccccc4c3)cnc2C(C)(C)C1.Cl. The first-order valence-electron chi connectivity index (χ1n) is 8.90. The molecule has 4 rings (SSSR count). The van der Waals surface area contributed by atoms with E-state index in [1.165, 1.54) is 5.56 Å². The number of carbonyl (C=O) groups is 1. The molecule has 140 valence electrons. The monoisotopic (exact) mass is 381 g/mol. The summed E-state index contributed by atoms with van der Waals surface area (Å²) < 4.78 is 0. The highest BCUT2D eigenvalue weighted by atomic mass is 35.5. The quantitative estimate of drug-likeness (QED) is 0.703. The van der Waals surface area contributed by atoms with Gasteiger partial charge in [0, 0.05) is 24.1 Å². The zero-order valence-corrected chi connectivity index (χ0v) is 16.6. The Morgan fingerprint density at radius 1 is 1.11 bits per heavy atom. The van der Waals surface area contributed by atoms with Crippen LogP contribution in [0, 0.1) is 0 Å². The van der Waals surface area contributed by atoms with Crippen molar-refractivity contribution in [2.45, 2.75) is 25.8 Å². The first-order valence-corrected chi connectivity index (χ1v) is 8.90. The molecule has 0 fully saturated rings. The lowest BCUT2D eigenvalue weighted by molar-refractivity contribution is 0.102. The average molecular weight is 382 g/mol. The third-order valence-corrected chi connectivity index (χ3v) is 4.98. The number of fused-ring (bicyclic) bond motifs is 2. The summed E-state index contributed by atoms with van der Waals surface area (Å²) >= 11 is 0. The van der Waals surface area contributed by atoms with Gasteiger partial charge in [-0.15, -0.1) is 12.4 Å². The topological polar surface area (TPSA) is 45.2 Å². The van der Waals surface area contributed by atoms with Crippen LogP contribution in [0.2, 0.25) is 0 Å². The molecule has 27 heavy (non-hydrogen) atoms. The molecule has 1 aliphatic heterocycles. The van der Waals surface area contributed by atoms with Crippen LogP contribution in [-0.2, 0) is 12.0 Å². The van der Waals surface area contributed by atoms with Crippen molar-refractivity contribution in [2.24, 2.45) is 0 Å². The second-order valence-corrected chi connectivity index (χ2v) is 7.80. The molecule has 5 heteroatoms. The Kier molecular flexibility index (Phi) is 5.22. The largest absolute Gasteiger partial charge is 0.321 e. The first kappa shape index (κ1) is 19.3. The molecule has 1 aliphatic rings. The van der Waals surface area contributed by atoms with Gasteiger partial charge in [-0.3, -0.25) is 9.78 Å². The number of hydrogen-bond donors (Lipinski definition) is 1. The summed E-state index contributed by atoms with van der Waals surface area (Å²) in [4.78, 5) is 19.6. The maximum atomic E-state index is 12.7. The van der Waals surface area contributed by atoms with E-state index in [0.29, 0.717) is 5.56 Å². The van der Waals surface area contributed by atoms with Crippen molar-refractivity contribution in [3.05, 3.63) is 71.5 Å². The van der Waals surface area contributed by atoms with Crippen molar-refractivity contribution in [3.8, 4) is 0 Å². The molecule has 0 unspecified atom stereocenters. The van der Waals surface area contributed by atoms with Crippen molar-refractivity contribution in [2.75, 3.05) is 18.9 Å². The number of likely N-dealkylation sites (N-methyl/N-ethyl adjacent to an activating group) is 1. The predicted molar refractivity (Wildman–Crippen MR) is 113 cm³/mol. The Morgan fingerprint density at radius 2 is 1.85 bits per heavy atom. The smallest absolute Gasteiger partial charge is 0.255 e. The van der Waals surface area contributed by atoms with Crippen molar-refractivity contribution in [1.82, 2.24) is 9.88 Å². The lowest BCUT2D eigenvalue weighted by Crippen LogP contribution is -2.40. The van der Waals surface area contributed by atoms with Gasteiger partial charge in [-0.1, -0.05) is 44.2 Å². The molecule has 0 aliphatic carbocycles. The van der Waals surface area contributed by atoms with Crippen LogP contribution >= 0.6 is 12.4 Å². The van der Waals surface area contributed by atoms with E-state index in [-0.39, 0.29) is 23.7 Å². The number of aromatic nitrogens is 1. The van der Waals surface area contributed by atoms with E-state index < -0.39 is 0 Å². The number of anilines is 1. The molecule has 0 atom stereocenters. The second kappa shape index (κ2) is 7.29. The molecular weight excluding hydrogens is 358 g/mol. The first-order chi connectivity index (χ1) is 12.4. The van der Waals surface area contributed by atoms with E-state index >= 15 is 0 Å². The van der Waals surface area contributed by atoms with Gasteiger partial charge in [-0.2, -0.15) is 0 Å². The molecule has 0 radical (unpaired) electrons. The summed E-state index contributed by atoms with van der Waals surface area (Å²) in [5.41, 5.74) is 3.72. The van der Waals surface area contributed by atoms with Crippen LogP contribution in [-0.4, -0.2) is 29.4 Å². The molecule has 0 spiro atoms. The molecule has 1 amide bonds. The van der Waals surface area contributed by atoms with Crippen molar-refractivity contribution in [3.63, 3.8) is 0 Å². The summed E-state index contributed by atoms with van der Waals surface area (Å²) in [5.74, 6) is -0.110. The summed E-state index contributed by atoms with van der Waals surface area (Å²) in [6.07, 6.45) is 1.77. The molecule has 0 bridgehead atoms. The Morgan fingerprint density at radius 3 is 2.63 bits per heavy atom. The van der Waals surface area contributed by atoms with E-state index in [2.05, 4.69) is 42.2 Å². The number of nitrogens with zero attached hydrogens (tertiary/aromatic N) is 2. The number of amides is 1. The van der Waals surface area contributed by atoms with Gasteiger partial charge in [0.05, 0.1) is 17.6 Å². The molecule has 4 nitrogen and oxygen atoms in total. The molecule has 0 saturated heterocycles. The van der Waals surface area contributed by atoms with Gasteiger partial charge in [0.1, 0.15) is 0 Å². The molecule has 1 aromatic heterocycles. The van der Waals surface area contributed by atoms with Crippen LogP contribution in [0.4, 0.5) is 5.69 Å². The number of rotatable bonds is 2. The highest BCUT2D eigenvalue weighted by Gasteiger charge is 2.31. The van der Waals surface area contributed by atoms with E-state index in [1.807, 2.05) is 42.5 Å². The van der Waals surface area contributed by atoms with Gasteiger partial charge >= 0.3 is 0 Å². The summed E-state index contributed by atoms with van der Waals surface area (Å²) in [5, 5.41) is 5.19. The highest BCUT2D eigenvalue weighted by molar-refractivity contribution is 6.06. The highest BCUT2D eigenvalue weighted by Crippen LogP contribution is 2.32. The van der Waals surface area contributed by atoms with Crippen molar-refractivity contribution >= 4 is 34.8 Å². The molecule has 2 heterocycles. The van der Waals surface area contributed by atoms with Crippen molar-refractivity contribution < 1.29 is 4.79 Å². The Balaban J connectivity index is 0.00000210. The van der Waals surface area contributed by atoms with Gasteiger partial charge in [-0.25, -0.2) is 0 Å². The molecule has 0 saturated carbocycles. The average Bonchev–Trinajstić information content (AvgIpc) is 2.60. The fourth-order valence-corrected chi connectivity index (χ4v) is 3.94. The number of nitrogens with one attached hydrogen (secondary N) is 1. The minimum absolute atomic E-state index is 0. The third-order valence-electron chi connectivity index (χ3n) is 4.98. The summed E-state index contributed by atoms with van der Waals surface area (Å²) in [7, 11) is 2.12. The van der Waals surface area contributed by atoms with E-state index in [0.717, 1.165) is 35.2 Å². The van der Waals surface area contributed by atoms with Gasteiger partial charge in [0.25, 0.3) is 5.91 Å². The summed E-state index contributed by atoms with van der Waals surface area (Å²) in [6, 6.07) is 15.9. The Bertz CT molecular complexity index is 1000. The number of benzene rings is 2. The fraction of sp³-hybridized carbons (Fsp3) is 0.273. The normalized spacial score (nSPS) is 15.7. The fourth-order valence-electron chi connectivity index (χ4n) is 3.94. The number of pyridine rings is 1. The number of hydrogen-bond acceptors (Lipinski definition) is 3. The zero-order chi connectivity index (χ0) is 18.3. The number of carbonyl (C=O) groups excluding carboxylic acids is 1. The second-order valence-electron chi connectivity index (χ2n) is 7.80. The van der Waals surface area contributed by atoms with Crippen LogP contribution < -0.4 is 5.32 Å². The minimum Gasteiger partial charge on any atom is -0.321 e. The number of halogens is 1. The lowest BCUT2D eigenvalue weighted by Gasteiger charge is -2.37. The van der Waals surface area contributed by atoms with Crippen LogP contribution in [0.25, 0.3) is 10.8 Å². The third kappa shape index (κ3) is 3.82. The summed E-state index contributed by atoms with van der Waals surface area (Å²) in [6.45, 7) is 6.25. The Labute approximate surface area is 166 Å². The zero-order valence-electron chi connectivity index (χ0n) is 15.8. The molecular formula is C22H24ClN3O. The van der Waals surface area contributed by atoms with Gasteiger partial charge < -0.3 is 10.2 Å². The lowest BCUT2D eigenvalue weighted by atomic mass is 9.82. The van der Waals surface area contributed by atoms with Gasteiger partial charge in [-0.05, 0) is 41.6 Å². The predicted octanol–water partition coefficient (Wildman–Crippen LogP) is 4.63. The Hall–Kier alpha value is -2.43. The minimum atomic E-state index is -0.110. The van der Waals surface area contributed by atoms with Crippen LogP contribution in [0.3, 0.4) is 0 Å². The molecule has 2 aromatic carbocycles. The van der Waals surface area contributed by atoms with Crippen molar-refractivity contribution in [1.29, 1.82) is 0 Å².